The van der Waals surface area contributed by atoms with Crippen LogP contribution in [0.5, 0.6) is 0 Å². The molecule has 2 atom stereocenters. The second-order valence-corrected chi connectivity index (χ2v) is 8.08. The van der Waals surface area contributed by atoms with Crippen molar-refractivity contribution in [3.05, 3.63) is 0 Å². The number of likely N-dealkylation sites (tertiary alicyclic amines) is 1. The number of aliphatic hydroxyl groups is 1. The molecule has 0 aromatic carbocycles. The molecule has 0 spiro atoms. The molecule has 1 aliphatic carbocycles. The van der Waals surface area contributed by atoms with E-state index in [1.54, 1.807) is 0 Å². The van der Waals surface area contributed by atoms with E-state index in [1.165, 1.54) is 7.11 Å². The highest BCUT2D eigenvalue weighted by atomic mass is 16.8. The number of rotatable bonds is 4. The molecule has 1 saturated carbocycles. The van der Waals surface area contributed by atoms with Crippen molar-refractivity contribution in [3.8, 4) is 0 Å². The number of quaternary nitrogens is 1. The first-order chi connectivity index (χ1) is 11.7. The van der Waals surface area contributed by atoms with Crippen molar-refractivity contribution in [1.29, 1.82) is 0 Å². The molecule has 1 aliphatic heterocycles. The van der Waals surface area contributed by atoms with Gasteiger partial charge in [0.1, 0.15) is 18.2 Å². The quantitative estimate of drug-likeness (QED) is 0.614. The largest absolute Gasteiger partial charge is 0.550 e. The molecule has 0 radical (unpaired) electrons. The van der Waals surface area contributed by atoms with Crippen molar-refractivity contribution >= 4 is 12.1 Å². The SMILES string of the molecule is COC(=O)C1CCC(O[N@+]2(C(=O)OC(C)(C)C)CCC[C@H]2CO)CC1. The van der Waals surface area contributed by atoms with Gasteiger partial charge in [-0.15, -0.1) is 0 Å². The van der Waals surface area contributed by atoms with Gasteiger partial charge in [-0.25, -0.2) is 0 Å². The van der Waals surface area contributed by atoms with Gasteiger partial charge in [0.25, 0.3) is 0 Å². The zero-order valence-electron chi connectivity index (χ0n) is 15.8. The average Bonchev–Trinajstić information content (AvgIpc) is 2.97. The number of methoxy groups -OCH3 is 1. The molecule has 7 nitrogen and oxygen atoms in total. The van der Waals surface area contributed by atoms with Crippen LogP contribution in [0.1, 0.15) is 59.3 Å². The van der Waals surface area contributed by atoms with E-state index in [9.17, 15) is 14.7 Å². The fourth-order valence-corrected chi connectivity index (χ4v) is 3.77. The lowest BCUT2D eigenvalue weighted by Gasteiger charge is -2.38. The second kappa shape index (κ2) is 8.01. The number of ether oxygens (including phenoxy) is 2. The third-order valence-corrected chi connectivity index (χ3v) is 5.08. The maximum Gasteiger partial charge on any atom is 0.550 e. The maximum atomic E-state index is 12.9. The van der Waals surface area contributed by atoms with Gasteiger partial charge in [0.15, 0.2) is 6.04 Å². The first-order valence-corrected chi connectivity index (χ1v) is 9.20. The highest BCUT2D eigenvalue weighted by Gasteiger charge is 2.55. The number of esters is 1. The molecule has 1 amide bonds. The fourth-order valence-electron chi connectivity index (χ4n) is 3.77. The van der Waals surface area contributed by atoms with Crippen molar-refractivity contribution in [1.82, 2.24) is 0 Å². The molecule has 7 heteroatoms. The number of aliphatic hydroxyl groups excluding tert-OH is 1. The molecule has 0 aromatic heterocycles. The Bertz CT molecular complexity index is 480. The molecular weight excluding hydrogens is 326 g/mol. The molecule has 0 bridgehead atoms. The van der Waals surface area contributed by atoms with Gasteiger partial charge in [0.05, 0.1) is 19.6 Å². The lowest BCUT2D eigenvalue weighted by molar-refractivity contribution is -1.06. The summed E-state index contributed by atoms with van der Waals surface area (Å²) in [6.07, 6.45) is 3.75. The molecule has 1 heterocycles. The number of carbonyl (C=O) groups excluding carboxylic acids is 2. The number of nitrogens with zero attached hydrogens (tertiary/aromatic N) is 1. The molecule has 2 rings (SSSR count). The smallest absolute Gasteiger partial charge is 0.469 e. The molecular formula is C18H32NO6+. The molecule has 144 valence electrons. The van der Waals surface area contributed by atoms with Crippen LogP contribution in [0.2, 0.25) is 0 Å². The van der Waals surface area contributed by atoms with E-state index in [1.807, 2.05) is 20.8 Å². The number of hydrogen-bond acceptors (Lipinski definition) is 6. The predicted octanol–water partition coefficient (Wildman–Crippen LogP) is 2.56. The van der Waals surface area contributed by atoms with Crippen LogP contribution < -0.4 is 0 Å². The van der Waals surface area contributed by atoms with Crippen LogP contribution in [0.4, 0.5) is 4.79 Å². The van der Waals surface area contributed by atoms with E-state index < -0.39 is 11.7 Å². The first kappa shape index (κ1) is 20.1. The molecule has 0 unspecified atom stereocenters. The van der Waals surface area contributed by atoms with Gasteiger partial charge >= 0.3 is 12.1 Å². The van der Waals surface area contributed by atoms with E-state index in [0.29, 0.717) is 32.2 Å². The first-order valence-electron chi connectivity index (χ1n) is 9.20. The number of amides is 1. The normalized spacial score (nSPS) is 33.1. The van der Waals surface area contributed by atoms with Gasteiger partial charge in [-0.05, 0) is 46.5 Å². The predicted molar refractivity (Wildman–Crippen MR) is 90.3 cm³/mol. The van der Waals surface area contributed by atoms with Gasteiger partial charge in [0, 0.05) is 12.8 Å². The zero-order chi connectivity index (χ0) is 18.7. The highest BCUT2D eigenvalue weighted by molar-refractivity contribution is 5.72. The molecule has 1 saturated heterocycles. The van der Waals surface area contributed by atoms with Gasteiger partial charge in [-0.1, -0.05) is 4.65 Å². The van der Waals surface area contributed by atoms with E-state index in [2.05, 4.69) is 0 Å². The minimum atomic E-state index is -0.614. The summed E-state index contributed by atoms with van der Waals surface area (Å²) in [7, 11) is 1.41. The highest BCUT2D eigenvalue weighted by Crippen LogP contribution is 2.36. The molecule has 0 aromatic rings. The van der Waals surface area contributed by atoms with Gasteiger partial charge < -0.3 is 14.6 Å². The van der Waals surface area contributed by atoms with E-state index >= 15 is 0 Å². The Morgan fingerprint density at radius 3 is 2.28 bits per heavy atom. The van der Waals surface area contributed by atoms with Crippen LogP contribution in [0, 0.1) is 5.92 Å². The summed E-state index contributed by atoms with van der Waals surface area (Å²) in [5, 5.41) is 9.76. The van der Waals surface area contributed by atoms with Crippen molar-refractivity contribution < 1.29 is 33.7 Å². The number of carbonyl (C=O) groups is 2. The molecule has 2 aliphatic rings. The Morgan fingerprint density at radius 2 is 1.76 bits per heavy atom. The minimum Gasteiger partial charge on any atom is -0.469 e. The summed E-state index contributed by atoms with van der Waals surface area (Å²) in [5.41, 5.74) is -0.614. The van der Waals surface area contributed by atoms with Crippen LogP contribution in [0.25, 0.3) is 0 Å². The molecule has 1 N–H and O–H groups in total. The van der Waals surface area contributed by atoms with Crippen LogP contribution in [-0.4, -0.2) is 59.8 Å². The van der Waals surface area contributed by atoms with Crippen LogP contribution in [0.3, 0.4) is 0 Å². The van der Waals surface area contributed by atoms with E-state index in [0.717, 1.165) is 12.8 Å². The standard InChI is InChI=1S/C18H32NO6/c1-18(2,3)24-17(22)19(11-5-6-14(19)12-20)25-15-9-7-13(8-10-15)16(21)23-4/h13-15,20H,5-12H2,1-4H3/q+1/t13?,14-,15?,19+/m0/s1. The van der Waals surface area contributed by atoms with Crippen LogP contribution >= 0.6 is 0 Å². The van der Waals surface area contributed by atoms with Crippen molar-refractivity contribution in [2.75, 3.05) is 20.3 Å². The van der Waals surface area contributed by atoms with Gasteiger partial charge in [-0.2, -0.15) is 9.63 Å². The average molecular weight is 358 g/mol. The summed E-state index contributed by atoms with van der Waals surface area (Å²) in [5.74, 6) is -0.268. The van der Waals surface area contributed by atoms with Crippen molar-refractivity contribution in [3.63, 3.8) is 0 Å². The monoisotopic (exact) mass is 358 g/mol. The third kappa shape index (κ3) is 4.71. The Morgan fingerprint density at radius 1 is 1.12 bits per heavy atom. The maximum absolute atomic E-state index is 12.9. The lowest BCUT2D eigenvalue weighted by Crippen LogP contribution is -2.60. The fraction of sp³-hybridized carbons (Fsp3) is 0.889. The molecule has 25 heavy (non-hydrogen) atoms. The van der Waals surface area contributed by atoms with Crippen LogP contribution in [0.15, 0.2) is 0 Å². The summed E-state index contributed by atoms with van der Waals surface area (Å²) in [6.45, 7) is 5.88. The van der Waals surface area contributed by atoms with Gasteiger partial charge in [0.2, 0.25) is 0 Å². The van der Waals surface area contributed by atoms with E-state index in [4.69, 9.17) is 14.3 Å². The Hall–Kier alpha value is -1.18. The van der Waals surface area contributed by atoms with Crippen molar-refractivity contribution in [2.24, 2.45) is 5.92 Å². The third-order valence-electron chi connectivity index (χ3n) is 5.08. The number of hydroxylamine groups is 3. The van der Waals surface area contributed by atoms with Gasteiger partial charge in [-0.3, -0.25) is 4.79 Å². The topological polar surface area (TPSA) is 82.1 Å². The van der Waals surface area contributed by atoms with Crippen LogP contribution in [-0.2, 0) is 19.1 Å². The Balaban J connectivity index is 2.08. The Labute approximate surface area is 149 Å². The second-order valence-electron chi connectivity index (χ2n) is 8.08. The number of hydrogen-bond donors (Lipinski definition) is 1. The summed E-state index contributed by atoms with van der Waals surface area (Å²) in [4.78, 5) is 30.8. The lowest BCUT2D eigenvalue weighted by atomic mass is 9.87. The summed E-state index contributed by atoms with van der Waals surface area (Å²) in [6, 6.07) is -0.298. The Kier molecular flexibility index (Phi) is 6.45. The summed E-state index contributed by atoms with van der Waals surface area (Å²) < 4.78 is 10.2. The minimum absolute atomic E-state index is 0.0907. The summed E-state index contributed by atoms with van der Waals surface area (Å²) >= 11 is 0. The zero-order valence-corrected chi connectivity index (χ0v) is 15.8. The van der Waals surface area contributed by atoms with E-state index in [-0.39, 0.29) is 35.3 Å². The van der Waals surface area contributed by atoms with Crippen molar-refractivity contribution in [2.45, 2.75) is 77.0 Å². The molecule has 2 fully saturated rings.